The Bertz CT molecular complexity index is 426. The summed E-state index contributed by atoms with van der Waals surface area (Å²) in [5.41, 5.74) is 4.32. The maximum absolute atomic E-state index is 11.1. The molecule has 0 bridgehead atoms. The van der Waals surface area contributed by atoms with Gasteiger partial charge in [-0.3, -0.25) is 4.79 Å². The van der Waals surface area contributed by atoms with Gasteiger partial charge in [-0.25, -0.2) is 0 Å². The summed E-state index contributed by atoms with van der Waals surface area (Å²) in [4.78, 5) is 13.2. The van der Waals surface area contributed by atoms with E-state index in [2.05, 4.69) is 6.07 Å². The third-order valence-electron chi connectivity index (χ3n) is 3.12. The highest BCUT2D eigenvalue weighted by atomic mass is 16.4. The Morgan fingerprint density at radius 3 is 2.60 bits per heavy atom. The molecule has 0 spiro atoms. The van der Waals surface area contributed by atoms with Crippen LogP contribution in [0.5, 0.6) is 0 Å². The van der Waals surface area contributed by atoms with Crippen LogP contribution >= 0.6 is 0 Å². The Morgan fingerprint density at radius 1 is 1.40 bits per heavy atom. The van der Waals surface area contributed by atoms with E-state index in [4.69, 9.17) is 5.11 Å². The van der Waals surface area contributed by atoms with Crippen molar-refractivity contribution in [2.75, 3.05) is 18.5 Å². The second kappa shape index (κ2) is 3.26. The number of nitrogens with zero attached hydrogens (tertiary/aromatic N) is 1. The zero-order valence-corrected chi connectivity index (χ0v) is 9.24. The number of anilines is 1. The predicted octanol–water partition coefficient (Wildman–Crippen LogP) is 1.92. The van der Waals surface area contributed by atoms with E-state index in [9.17, 15) is 4.79 Å². The lowest BCUT2D eigenvalue weighted by molar-refractivity contribution is -0.138. The smallest absolute Gasteiger partial charge is 0.312 e. The van der Waals surface area contributed by atoms with Crippen molar-refractivity contribution < 1.29 is 9.90 Å². The van der Waals surface area contributed by atoms with Crippen LogP contribution in [0.2, 0.25) is 0 Å². The number of hydrogen-bond donors (Lipinski definition) is 1. The molecule has 15 heavy (non-hydrogen) atoms. The number of benzene rings is 1. The number of fused-ring (bicyclic) bond motifs is 1. The first-order chi connectivity index (χ1) is 7.02. The third kappa shape index (κ3) is 1.39. The minimum absolute atomic E-state index is 0.370. The van der Waals surface area contributed by atoms with Gasteiger partial charge in [0.15, 0.2) is 0 Å². The molecule has 1 N–H and O–H groups in total. The zero-order valence-electron chi connectivity index (χ0n) is 9.24. The lowest BCUT2D eigenvalue weighted by atomic mass is 9.95. The van der Waals surface area contributed by atoms with E-state index >= 15 is 0 Å². The van der Waals surface area contributed by atoms with E-state index in [1.54, 1.807) is 0 Å². The predicted molar refractivity (Wildman–Crippen MR) is 59.6 cm³/mol. The Balaban J connectivity index is 2.64. The number of carboxylic acid groups (broad SMARTS) is 1. The Hall–Kier alpha value is -1.51. The molecule has 0 fully saturated rings. The molecular weight excluding hydrogens is 190 g/mol. The second-order valence-electron chi connectivity index (χ2n) is 4.23. The number of carbonyl (C=O) groups is 1. The molecule has 0 radical (unpaired) electrons. The number of likely N-dealkylation sites (N-methyl/N-ethyl adjacent to an activating group) is 1. The van der Waals surface area contributed by atoms with Crippen LogP contribution in [0.1, 0.15) is 22.6 Å². The monoisotopic (exact) mass is 205 g/mol. The van der Waals surface area contributed by atoms with Crippen LogP contribution in [0, 0.1) is 13.8 Å². The van der Waals surface area contributed by atoms with Gasteiger partial charge in [0, 0.05) is 19.3 Å². The zero-order chi connectivity index (χ0) is 11.2. The van der Waals surface area contributed by atoms with Gasteiger partial charge in [0.25, 0.3) is 0 Å². The highest BCUT2D eigenvalue weighted by Gasteiger charge is 2.33. The van der Waals surface area contributed by atoms with Crippen molar-refractivity contribution in [2.45, 2.75) is 19.8 Å². The molecular formula is C12H15NO2. The third-order valence-corrected chi connectivity index (χ3v) is 3.12. The number of rotatable bonds is 1. The van der Waals surface area contributed by atoms with E-state index in [-0.39, 0.29) is 5.92 Å². The molecule has 0 aliphatic carbocycles. The number of carboxylic acids is 1. The highest BCUT2D eigenvalue weighted by molar-refractivity contribution is 5.84. The van der Waals surface area contributed by atoms with Crippen molar-refractivity contribution in [1.29, 1.82) is 0 Å². The van der Waals surface area contributed by atoms with Gasteiger partial charge in [-0.1, -0.05) is 12.1 Å². The van der Waals surface area contributed by atoms with Gasteiger partial charge in [0.2, 0.25) is 0 Å². The maximum Gasteiger partial charge on any atom is 0.312 e. The fourth-order valence-electron chi connectivity index (χ4n) is 2.42. The molecule has 1 unspecified atom stereocenters. The molecule has 1 aliphatic rings. The topological polar surface area (TPSA) is 40.5 Å². The van der Waals surface area contributed by atoms with Gasteiger partial charge in [0.05, 0.1) is 0 Å². The van der Waals surface area contributed by atoms with Crippen LogP contribution in [0.4, 0.5) is 5.69 Å². The maximum atomic E-state index is 11.1. The quantitative estimate of drug-likeness (QED) is 0.761. The van der Waals surface area contributed by atoms with Gasteiger partial charge in [0.1, 0.15) is 5.92 Å². The van der Waals surface area contributed by atoms with E-state index in [0.717, 1.165) is 22.4 Å². The molecule has 0 aromatic heterocycles. The molecule has 1 heterocycles. The van der Waals surface area contributed by atoms with Crippen molar-refractivity contribution in [1.82, 2.24) is 0 Å². The van der Waals surface area contributed by atoms with E-state index < -0.39 is 5.97 Å². The summed E-state index contributed by atoms with van der Waals surface area (Å²) in [5.74, 6) is -1.10. The molecule has 0 saturated heterocycles. The van der Waals surface area contributed by atoms with Crippen LogP contribution in [0.3, 0.4) is 0 Å². The second-order valence-corrected chi connectivity index (χ2v) is 4.23. The van der Waals surface area contributed by atoms with Gasteiger partial charge < -0.3 is 10.0 Å². The first kappa shape index (κ1) is 10.0. The van der Waals surface area contributed by atoms with Gasteiger partial charge in [-0.2, -0.15) is 0 Å². The first-order valence-electron chi connectivity index (χ1n) is 5.06. The molecule has 3 nitrogen and oxygen atoms in total. The summed E-state index contributed by atoms with van der Waals surface area (Å²) in [6.07, 6.45) is 0. The van der Waals surface area contributed by atoms with Crippen molar-refractivity contribution >= 4 is 11.7 Å². The Labute approximate surface area is 89.3 Å². The summed E-state index contributed by atoms with van der Waals surface area (Å²) < 4.78 is 0. The lowest BCUT2D eigenvalue weighted by Gasteiger charge is -2.15. The fourth-order valence-corrected chi connectivity index (χ4v) is 2.42. The van der Waals surface area contributed by atoms with E-state index in [1.165, 1.54) is 0 Å². The van der Waals surface area contributed by atoms with Crippen molar-refractivity contribution in [3.8, 4) is 0 Å². The summed E-state index contributed by atoms with van der Waals surface area (Å²) in [6.45, 7) is 4.59. The van der Waals surface area contributed by atoms with Gasteiger partial charge in [-0.05, 0) is 30.5 Å². The Kier molecular flexibility index (Phi) is 2.18. The van der Waals surface area contributed by atoms with Crippen molar-refractivity contribution in [2.24, 2.45) is 0 Å². The van der Waals surface area contributed by atoms with Crippen LogP contribution in [0.15, 0.2) is 12.1 Å². The molecule has 1 aromatic carbocycles. The summed E-state index contributed by atoms with van der Waals surface area (Å²) in [5, 5.41) is 9.17. The summed E-state index contributed by atoms with van der Waals surface area (Å²) in [6, 6.07) is 4.05. The van der Waals surface area contributed by atoms with E-state index in [0.29, 0.717) is 6.54 Å². The molecule has 0 saturated carbocycles. The van der Waals surface area contributed by atoms with Crippen molar-refractivity contribution in [3.05, 3.63) is 28.8 Å². The summed E-state index contributed by atoms with van der Waals surface area (Å²) in [7, 11) is 1.95. The molecule has 1 aromatic rings. The standard InChI is InChI=1S/C12H15NO2/c1-7-4-5-8(2)11-10(7)9(12(14)15)6-13(11)3/h4-5,9H,6H2,1-3H3,(H,14,15). The van der Waals surface area contributed by atoms with E-state index in [1.807, 2.05) is 31.9 Å². The molecule has 80 valence electrons. The largest absolute Gasteiger partial charge is 0.481 e. The lowest BCUT2D eigenvalue weighted by Crippen LogP contribution is -2.20. The fraction of sp³-hybridized carbons (Fsp3) is 0.417. The normalized spacial score (nSPS) is 19.1. The minimum Gasteiger partial charge on any atom is -0.481 e. The van der Waals surface area contributed by atoms with Crippen LogP contribution in [-0.2, 0) is 4.79 Å². The van der Waals surface area contributed by atoms with Crippen LogP contribution in [0.25, 0.3) is 0 Å². The number of aryl methyl sites for hydroxylation is 2. The van der Waals surface area contributed by atoms with Crippen molar-refractivity contribution in [3.63, 3.8) is 0 Å². The molecule has 3 heteroatoms. The average Bonchev–Trinajstić information content (AvgIpc) is 2.51. The van der Waals surface area contributed by atoms with Crippen LogP contribution < -0.4 is 4.90 Å². The number of aliphatic carboxylic acids is 1. The van der Waals surface area contributed by atoms with Crippen LogP contribution in [-0.4, -0.2) is 24.7 Å². The SMILES string of the molecule is Cc1ccc(C)c2c1C(C(=O)O)CN2C. The molecule has 1 aliphatic heterocycles. The molecule has 2 rings (SSSR count). The Morgan fingerprint density at radius 2 is 2.00 bits per heavy atom. The minimum atomic E-state index is -0.727. The average molecular weight is 205 g/mol. The first-order valence-corrected chi connectivity index (χ1v) is 5.06. The molecule has 0 amide bonds. The van der Waals surface area contributed by atoms with Gasteiger partial charge >= 0.3 is 5.97 Å². The number of hydrogen-bond acceptors (Lipinski definition) is 2. The molecule has 1 atom stereocenters. The van der Waals surface area contributed by atoms with Gasteiger partial charge in [-0.15, -0.1) is 0 Å². The summed E-state index contributed by atoms with van der Waals surface area (Å²) >= 11 is 0. The highest BCUT2D eigenvalue weighted by Crippen LogP contribution is 2.39.